The summed E-state index contributed by atoms with van der Waals surface area (Å²) in [6.45, 7) is 5.65. The van der Waals surface area contributed by atoms with Crippen molar-refractivity contribution in [2.75, 3.05) is 46.8 Å². The van der Waals surface area contributed by atoms with E-state index in [1.807, 2.05) is 27.1 Å². The zero-order valence-corrected chi connectivity index (χ0v) is 21.3. The number of carbonyl (C=O) groups excluding carboxylic acids is 1. The Hall–Kier alpha value is -0.620. The maximum atomic E-state index is 12.3. The van der Waals surface area contributed by atoms with Gasteiger partial charge in [0.2, 0.25) is 5.91 Å². The van der Waals surface area contributed by atoms with Gasteiger partial charge in [0.05, 0.1) is 16.9 Å². The number of halogens is 2. The molecule has 0 bridgehead atoms. The van der Waals surface area contributed by atoms with E-state index in [1.54, 1.807) is 11.0 Å². The first-order valence-corrected chi connectivity index (χ1v) is 11.0. The van der Waals surface area contributed by atoms with Crippen molar-refractivity contribution >= 4 is 58.8 Å². The fraction of sp³-hybridized carbons (Fsp3) is 0.684. The van der Waals surface area contributed by atoms with Crippen LogP contribution in [-0.2, 0) is 4.79 Å². The number of guanidine groups is 1. The number of aliphatic hydroxyl groups excluding tert-OH is 1. The summed E-state index contributed by atoms with van der Waals surface area (Å²) in [5.74, 6) is 0.884. The fourth-order valence-corrected chi connectivity index (χ4v) is 4.32. The number of aliphatic hydroxyl groups is 1. The van der Waals surface area contributed by atoms with Crippen LogP contribution in [0.25, 0.3) is 0 Å². The average molecular weight is 558 g/mol. The third kappa shape index (κ3) is 8.56. The molecule has 0 aromatic carbocycles. The number of likely N-dealkylation sites (N-methyl/N-ethyl adjacent to an activating group) is 1. The van der Waals surface area contributed by atoms with E-state index in [-0.39, 0.29) is 42.5 Å². The molecular formula is C19H33ClIN5O2S. The van der Waals surface area contributed by atoms with Gasteiger partial charge in [-0.05, 0) is 44.9 Å². The number of likely N-dealkylation sites (tertiary alicyclic amines) is 1. The molecule has 10 heteroatoms. The molecule has 1 aromatic heterocycles. The monoisotopic (exact) mass is 557 g/mol. The highest BCUT2D eigenvalue weighted by Crippen LogP contribution is 2.26. The number of thiophene rings is 1. The second kappa shape index (κ2) is 13.6. The molecule has 1 aliphatic rings. The van der Waals surface area contributed by atoms with Crippen LogP contribution < -0.4 is 10.6 Å². The standard InChI is InChI=1S/C19H32ClN5O2S.HI/c1-4-21-19(23-13-15(26)16-8-9-17(20)28-16)22-10-6-12-25-11-5-7-14(25)18(27)24(2)3;/h8-9,14-15,26H,4-7,10-13H2,1-3H3,(H2,21,22,23);1H. The maximum Gasteiger partial charge on any atom is 0.239 e. The van der Waals surface area contributed by atoms with Crippen molar-refractivity contribution in [1.29, 1.82) is 0 Å². The van der Waals surface area contributed by atoms with Crippen molar-refractivity contribution in [3.8, 4) is 0 Å². The molecule has 2 heterocycles. The SMILES string of the molecule is CCNC(=NCC(O)c1ccc(Cl)s1)NCCCN1CCCC1C(=O)N(C)C.I. The first kappa shape index (κ1) is 26.4. The molecule has 1 amide bonds. The zero-order chi connectivity index (χ0) is 20.5. The van der Waals surface area contributed by atoms with Crippen molar-refractivity contribution in [3.05, 3.63) is 21.3 Å². The van der Waals surface area contributed by atoms with E-state index < -0.39 is 6.10 Å². The number of hydrogen-bond acceptors (Lipinski definition) is 5. The number of aliphatic imine (C=N–C) groups is 1. The first-order valence-electron chi connectivity index (χ1n) is 9.83. The van der Waals surface area contributed by atoms with Crippen LogP contribution in [0.4, 0.5) is 0 Å². The molecule has 1 fully saturated rings. The zero-order valence-electron chi connectivity index (χ0n) is 17.4. The van der Waals surface area contributed by atoms with Gasteiger partial charge in [-0.1, -0.05) is 11.6 Å². The second-order valence-corrected chi connectivity index (χ2v) is 8.83. The molecule has 3 N–H and O–H groups in total. The Balaban J connectivity index is 0.00000420. The van der Waals surface area contributed by atoms with Crippen molar-refractivity contribution < 1.29 is 9.90 Å². The van der Waals surface area contributed by atoms with Crippen LogP contribution in [-0.4, -0.2) is 79.6 Å². The minimum absolute atomic E-state index is 0. The Morgan fingerprint density at radius 3 is 2.83 bits per heavy atom. The number of nitrogens with zero attached hydrogens (tertiary/aromatic N) is 3. The van der Waals surface area contributed by atoms with Crippen LogP contribution in [0.15, 0.2) is 17.1 Å². The maximum absolute atomic E-state index is 12.3. The van der Waals surface area contributed by atoms with E-state index in [9.17, 15) is 9.90 Å². The third-order valence-electron chi connectivity index (χ3n) is 4.69. The van der Waals surface area contributed by atoms with Gasteiger partial charge in [-0.3, -0.25) is 14.7 Å². The molecule has 0 spiro atoms. The Labute approximate surface area is 199 Å². The molecule has 0 aliphatic carbocycles. The Bertz CT molecular complexity index is 658. The molecular weight excluding hydrogens is 525 g/mol. The molecule has 1 aromatic rings. The number of hydrogen-bond donors (Lipinski definition) is 3. The van der Waals surface area contributed by atoms with Crippen LogP contribution in [0.2, 0.25) is 4.34 Å². The molecule has 166 valence electrons. The summed E-state index contributed by atoms with van der Waals surface area (Å²) in [7, 11) is 3.64. The highest BCUT2D eigenvalue weighted by atomic mass is 127. The second-order valence-electron chi connectivity index (χ2n) is 7.08. The lowest BCUT2D eigenvalue weighted by atomic mass is 10.2. The van der Waals surface area contributed by atoms with Gasteiger partial charge in [-0.15, -0.1) is 35.3 Å². The van der Waals surface area contributed by atoms with E-state index >= 15 is 0 Å². The van der Waals surface area contributed by atoms with E-state index in [0.717, 1.165) is 50.3 Å². The van der Waals surface area contributed by atoms with Crippen LogP contribution in [0, 0.1) is 0 Å². The summed E-state index contributed by atoms with van der Waals surface area (Å²) < 4.78 is 0.663. The lowest BCUT2D eigenvalue weighted by molar-refractivity contribution is -0.133. The van der Waals surface area contributed by atoms with Crippen LogP contribution in [0.1, 0.15) is 37.2 Å². The van der Waals surface area contributed by atoms with E-state index in [0.29, 0.717) is 10.3 Å². The average Bonchev–Trinajstić information content (AvgIpc) is 3.31. The summed E-state index contributed by atoms with van der Waals surface area (Å²) in [5.41, 5.74) is 0. The molecule has 1 aliphatic heterocycles. The summed E-state index contributed by atoms with van der Waals surface area (Å²) in [6, 6.07) is 3.63. The normalized spacial score (nSPS) is 18.2. The first-order chi connectivity index (χ1) is 13.4. The van der Waals surface area contributed by atoms with Gasteiger partial charge in [0.15, 0.2) is 5.96 Å². The van der Waals surface area contributed by atoms with Crippen LogP contribution in [0.5, 0.6) is 0 Å². The molecule has 0 saturated carbocycles. The van der Waals surface area contributed by atoms with Gasteiger partial charge in [0, 0.05) is 38.6 Å². The fourth-order valence-electron chi connectivity index (χ4n) is 3.28. The molecule has 0 radical (unpaired) electrons. The Morgan fingerprint density at radius 2 is 2.21 bits per heavy atom. The lowest BCUT2D eigenvalue weighted by Gasteiger charge is -2.26. The van der Waals surface area contributed by atoms with Crippen molar-refractivity contribution in [2.45, 2.75) is 38.3 Å². The van der Waals surface area contributed by atoms with Gasteiger partial charge in [-0.2, -0.15) is 0 Å². The van der Waals surface area contributed by atoms with Gasteiger partial charge < -0.3 is 20.6 Å². The van der Waals surface area contributed by atoms with E-state index in [2.05, 4.69) is 20.5 Å². The molecule has 2 atom stereocenters. The van der Waals surface area contributed by atoms with Crippen LogP contribution >= 0.6 is 46.9 Å². The van der Waals surface area contributed by atoms with Crippen LogP contribution in [0.3, 0.4) is 0 Å². The Morgan fingerprint density at radius 1 is 1.45 bits per heavy atom. The topological polar surface area (TPSA) is 80.2 Å². The van der Waals surface area contributed by atoms with E-state index in [4.69, 9.17) is 11.6 Å². The number of amides is 1. The highest BCUT2D eigenvalue weighted by molar-refractivity contribution is 14.0. The molecule has 2 unspecified atom stereocenters. The summed E-state index contributed by atoms with van der Waals surface area (Å²) in [6.07, 6.45) is 2.28. The van der Waals surface area contributed by atoms with E-state index in [1.165, 1.54) is 11.3 Å². The highest BCUT2D eigenvalue weighted by Gasteiger charge is 2.30. The predicted molar refractivity (Wildman–Crippen MR) is 132 cm³/mol. The summed E-state index contributed by atoms with van der Waals surface area (Å²) in [4.78, 5) is 21.5. The predicted octanol–water partition coefficient (Wildman–Crippen LogP) is 2.55. The van der Waals surface area contributed by atoms with Crippen molar-refractivity contribution in [1.82, 2.24) is 20.4 Å². The largest absolute Gasteiger partial charge is 0.386 e. The molecule has 1 saturated heterocycles. The van der Waals surface area contributed by atoms with Crippen molar-refractivity contribution in [3.63, 3.8) is 0 Å². The van der Waals surface area contributed by atoms with Gasteiger partial charge >= 0.3 is 0 Å². The summed E-state index contributed by atoms with van der Waals surface area (Å²) >= 11 is 7.29. The number of carbonyl (C=O) groups is 1. The molecule has 2 rings (SSSR count). The van der Waals surface area contributed by atoms with Gasteiger partial charge in [-0.25, -0.2) is 0 Å². The number of rotatable bonds is 9. The minimum Gasteiger partial charge on any atom is -0.386 e. The van der Waals surface area contributed by atoms with Gasteiger partial charge in [0.25, 0.3) is 0 Å². The smallest absolute Gasteiger partial charge is 0.239 e. The summed E-state index contributed by atoms with van der Waals surface area (Å²) in [5, 5.41) is 16.7. The molecule has 7 nitrogen and oxygen atoms in total. The lowest BCUT2D eigenvalue weighted by Crippen LogP contribution is -2.44. The third-order valence-corrected chi connectivity index (χ3v) is 6.03. The molecule has 29 heavy (non-hydrogen) atoms. The van der Waals surface area contributed by atoms with Crippen molar-refractivity contribution in [2.24, 2.45) is 4.99 Å². The number of nitrogens with one attached hydrogen (secondary N) is 2. The van der Waals surface area contributed by atoms with Gasteiger partial charge in [0.1, 0.15) is 6.10 Å². The minimum atomic E-state index is -0.657. The quantitative estimate of drug-likeness (QED) is 0.188. The Kier molecular flexibility index (Phi) is 12.4.